The number of anilines is 1. The van der Waals surface area contributed by atoms with Crippen LogP contribution in [-0.2, 0) is 16.5 Å². The van der Waals surface area contributed by atoms with Crippen LogP contribution in [0.1, 0.15) is 28.7 Å². The number of carbonyl (C=O) groups is 1. The highest BCUT2D eigenvalue weighted by Crippen LogP contribution is 2.23. The van der Waals surface area contributed by atoms with Crippen molar-refractivity contribution in [2.45, 2.75) is 24.7 Å². The Hall–Kier alpha value is -3.38. The maximum Gasteiger partial charge on any atom is 0.339 e. The first-order valence-electron chi connectivity index (χ1n) is 8.71. The Labute approximate surface area is 175 Å². The van der Waals surface area contributed by atoms with Gasteiger partial charge in [-0.25, -0.2) is 0 Å². The molecule has 0 aliphatic carbocycles. The number of nitro benzene ring substituents is 1. The number of non-ortho nitro benzene ring substituents is 1. The number of hydrogen-bond donors (Lipinski definition) is 1. The Bertz CT molecular complexity index is 1180. The predicted molar refractivity (Wildman–Crippen MR) is 109 cm³/mol. The van der Waals surface area contributed by atoms with Gasteiger partial charge in [0.25, 0.3) is 11.6 Å². The summed E-state index contributed by atoms with van der Waals surface area (Å²) in [6.07, 6.45) is 1.70. The first-order chi connectivity index (χ1) is 14.3. The molecule has 2 aromatic carbocycles. The highest BCUT2D eigenvalue weighted by molar-refractivity contribution is 7.87. The van der Waals surface area contributed by atoms with Crippen LogP contribution in [0.3, 0.4) is 0 Å². The van der Waals surface area contributed by atoms with E-state index in [4.69, 9.17) is 4.18 Å². The van der Waals surface area contributed by atoms with Gasteiger partial charge in [-0.3, -0.25) is 20.2 Å². The minimum atomic E-state index is -4.28. The van der Waals surface area contributed by atoms with Crippen LogP contribution in [0.4, 0.5) is 10.8 Å². The Morgan fingerprint density at radius 1 is 1.20 bits per heavy atom. The number of amides is 1. The summed E-state index contributed by atoms with van der Waals surface area (Å²) in [7, 11) is -4.28. The number of hydrogen-bond acceptors (Lipinski definition) is 9. The van der Waals surface area contributed by atoms with Crippen LogP contribution < -0.4 is 9.50 Å². The number of nitrogens with zero attached hydrogens (tertiary/aromatic N) is 3. The summed E-state index contributed by atoms with van der Waals surface area (Å²) in [5.74, 6) is -0.471. The molecule has 0 atom stereocenters. The SMILES string of the molecule is CCCc1nnc(NC(=O)c2ccc(OS(=O)(=O)c3cccc([N+](=O)[O-])c3)cc2)s1. The highest BCUT2D eigenvalue weighted by Gasteiger charge is 2.20. The number of nitro groups is 1. The van der Waals surface area contributed by atoms with Gasteiger partial charge in [-0.2, -0.15) is 8.42 Å². The molecule has 30 heavy (non-hydrogen) atoms. The van der Waals surface area contributed by atoms with E-state index in [2.05, 4.69) is 15.5 Å². The van der Waals surface area contributed by atoms with Crippen LogP contribution in [0, 0.1) is 10.1 Å². The molecule has 0 fully saturated rings. The zero-order chi connectivity index (χ0) is 21.7. The molecule has 12 heteroatoms. The zero-order valence-corrected chi connectivity index (χ0v) is 17.3. The van der Waals surface area contributed by atoms with Gasteiger partial charge in [0.2, 0.25) is 5.13 Å². The average Bonchev–Trinajstić information content (AvgIpc) is 3.15. The van der Waals surface area contributed by atoms with E-state index >= 15 is 0 Å². The first kappa shape index (κ1) is 21.3. The van der Waals surface area contributed by atoms with Gasteiger partial charge in [-0.15, -0.1) is 10.2 Å². The molecule has 0 radical (unpaired) electrons. The molecular weight excluding hydrogens is 432 g/mol. The van der Waals surface area contributed by atoms with E-state index in [0.717, 1.165) is 23.9 Å². The maximum absolute atomic E-state index is 12.4. The number of nitrogens with one attached hydrogen (secondary N) is 1. The van der Waals surface area contributed by atoms with Gasteiger partial charge in [0.1, 0.15) is 15.7 Å². The summed E-state index contributed by atoms with van der Waals surface area (Å²) in [5, 5.41) is 22.5. The van der Waals surface area contributed by atoms with Crippen molar-refractivity contribution in [3.63, 3.8) is 0 Å². The third kappa shape index (κ3) is 5.15. The minimum absolute atomic E-state index is 0.0424. The fraction of sp³-hybridized carbons (Fsp3) is 0.167. The van der Waals surface area contributed by atoms with Gasteiger partial charge in [0.15, 0.2) is 0 Å². The van der Waals surface area contributed by atoms with Gasteiger partial charge in [0.05, 0.1) is 4.92 Å². The lowest BCUT2D eigenvalue weighted by Gasteiger charge is -2.08. The molecule has 3 aromatic rings. The molecule has 156 valence electrons. The fourth-order valence-corrected chi connectivity index (χ4v) is 4.18. The molecule has 1 amide bonds. The first-order valence-corrected chi connectivity index (χ1v) is 10.9. The fourth-order valence-electron chi connectivity index (χ4n) is 2.38. The Morgan fingerprint density at radius 2 is 1.93 bits per heavy atom. The molecule has 1 N–H and O–H groups in total. The molecule has 0 aliphatic rings. The molecule has 1 aromatic heterocycles. The Kier molecular flexibility index (Phi) is 6.37. The number of aryl methyl sites for hydroxylation is 1. The Morgan fingerprint density at radius 3 is 2.60 bits per heavy atom. The summed E-state index contributed by atoms with van der Waals surface area (Å²) >= 11 is 1.29. The molecule has 3 rings (SSSR count). The monoisotopic (exact) mass is 448 g/mol. The lowest BCUT2D eigenvalue weighted by molar-refractivity contribution is -0.385. The second-order valence-corrected chi connectivity index (χ2v) is 8.63. The van der Waals surface area contributed by atoms with Gasteiger partial charge >= 0.3 is 10.1 Å². The molecule has 0 unspecified atom stereocenters. The lowest BCUT2D eigenvalue weighted by Crippen LogP contribution is -2.12. The molecule has 0 bridgehead atoms. The number of carbonyl (C=O) groups excluding carboxylic acids is 1. The number of benzene rings is 2. The van der Waals surface area contributed by atoms with E-state index in [1.165, 1.54) is 53.8 Å². The molecule has 0 saturated heterocycles. The summed E-state index contributed by atoms with van der Waals surface area (Å²) in [4.78, 5) is 22.1. The second kappa shape index (κ2) is 8.97. The summed E-state index contributed by atoms with van der Waals surface area (Å²) in [5.41, 5.74) is -0.104. The Balaban J connectivity index is 1.69. The van der Waals surface area contributed by atoms with Gasteiger partial charge in [-0.05, 0) is 36.8 Å². The van der Waals surface area contributed by atoms with Crippen molar-refractivity contribution in [1.82, 2.24) is 10.2 Å². The van der Waals surface area contributed by atoms with Crippen molar-refractivity contribution in [2.24, 2.45) is 0 Å². The van der Waals surface area contributed by atoms with Gasteiger partial charge in [-0.1, -0.05) is 24.3 Å². The van der Waals surface area contributed by atoms with E-state index in [1.54, 1.807) is 0 Å². The molecular formula is C18H16N4O6S2. The van der Waals surface area contributed by atoms with E-state index in [0.29, 0.717) is 5.13 Å². The standard InChI is InChI=1S/C18H16N4O6S2/c1-2-4-16-20-21-18(29-16)19-17(23)12-7-9-14(10-8-12)28-30(26,27)15-6-3-5-13(11-15)22(24)25/h3,5-11H,2,4H2,1H3,(H,19,21,23). The normalized spacial score (nSPS) is 11.1. The van der Waals surface area contributed by atoms with Crippen LogP contribution in [0.5, 0.6) is 5.75 Å². The number of aromatic nitrogens is 2. The summed E-state index contributed by atoms with van der Waals surface area (Å²) in [6.45, 7) is 2.02. The predicted octanol–water partition coefficient (Wildman–Crippen LogP) is 3.42. The molecule has 0 saturated carbocycles. The third-order valence-electron chi connectivity index (χ3n) is 3.79. The smallest absolute Gasteiger partial charge is 0.339 e. The van der Waals surface area contributed by atoms with Crippen LogP contribution in [0.2, 0.25) is 0 Å². The summed E-state index contributed by atoms with van der Waals surface area (Å²) < 4.78 is 29.7. The largest absolute Gasteiger partial charge is 0.379 e. The zero-order valence-electron chi connectivity index (χ0n) is 15.6. The topological polar surface area (TPSA) is 141 Å². The van der Waals surface area contributed by atoms with Crippen molar-refractivity contribution in [3.05, 3.63) is 69.2 Å². The molecule has 0 aliphatic heterocycles. The summed E-state index contributed by atoms with van der Waals surface area (Å²) in [6, 6.07) is 9.93. The van der Waals surface area contributed by atoms with Crippen LogP contribution in [0.15, 0.2) is 53.4 Å². The molecule has 1 heterocycles. The van der Waals surface area contributed by atoms with E-state index in [-0.39, 0.29) is 21.9 Å². The van der Waals surface area contributed by atoms with Crippen molar-refractivity contribution < 1.29 is 22.3 Å². The van der Waals surface area contributed by atoms with Crippen molar-refractivity contribution in [3.8, 4) is 5.75 Å². The van der Waals surface area contributed by atoms with Crippen molar-refractivity contribution >= 4 is 38.2 Å². The van der Waals surface area contributed by atoms with Crippen LogP contribution >= 0.6 is 11.3 Å². The van der Waals surface area contributed by atoms with E-state index in [1.807, 2.05) is 6.92 Å². The second-order valence-electron chi connectivity index (χ2n) is 6.02. The third-order valence-corrected chi connectivity index (χ3v) is 5.93. The van der Waals surface area contributed by atoms with Crippen LogP contribution in [-0.4, -0.2) is 29.4 Å². The van der Waals surface area contributed by atoms with Crippen molar-refractivity contribution in [2.75, 3.05) is 5.32 Å². The van der Waals surface area contributed by atoms with Gasteiger partial charge in [0, 0.05) is 24.1 Å². The van der Waals surface area contributed by atoms with E-state index in [9.17, 15) is 23.3 Å². The molecule has 10 nitrogen and oxygen atoms in total. The van der Waals surface area contributed by atoms with E-state index < -0.39 is 20.9 Å². The van der Waals surface area contributed by atoms with Crippen molar-refractivity contribution in [1.29, 1.82) is 0 Å². The quantitative estimate of drug-likeness (QED) is 0.314. The number of rotatable bonds is 8. The lowest BCUT2D eigenvalue weighted by atomic mass is 10.2. The average molecular weight is 448 g/mol. The minimum Gasteiger partial charge on any atom is -0.379 e. The highest BCUT2D eigenvalue weighted by atomic mass is 32.2. The maximum atomic E-state index is 12.4. The molecule has 0 spiro atoms. The van der Waals surface area contributed by atoms with Gasteiger partial charge < -0.3 is 4.18 Å². The van der Waals surface area contributed by atoms with Crippen LogP contribution in [0.25, 0.3) is 0 Å².